The van der Waals surface area contributed by atoms with Crippen molar-refractivity contribution in [3.8, 4) is 0 Å². The van der Waals surface area contributed by atoms with Gasteiger partial charge < -0.3 is 10.0 Å². The minimum absolute atomic E-state index is 0.386. The van der Waals surface area contributed by atoms with Crippen molar-refractivity contribution in [2.75, 3.05) is 19.6 Å². The molecule has 0 saturated carbocycles. The van der Waals surface area contributed by atoms with E-state index < -0.39 is 22.9 Å². The van der Waals surface area contributed by atoms with Crippen LogP contribution in [-0.2, 0) is 11.5 Å². The Morgan fingerprint density at radius 1 is 1.29 bits per heavy atom. The van der Waals surface area contributed by atoms with Crippen molar-refractivity contribution in [2.45, 2.75) is 44.6 Å². The van der Waals surface area contributed by atoms with E-state index in [9.17, 15) is 18.3 Å². The molecule has 1 aromatic rings. The minimum Gasteiger partial charge on any atom is -0.385 e. The molecule has 0 spiro atoms. The average Bonchev–Trinajstić information content (AvgIpc) is 2.41. The molecule has 1 fully saturated rings. The van der Waals surface area contributed by atoms with Crippen LogP contribution in [-0.4, -0.2) is 29.6 Å². The first kappa shape index (κ1) is 16.3. The quantitative estimate of drug-likeness (QED) is 0.918. The zero-order chi connectivity index (χ0) is 15.7. The van der Waals surface area contributed by atoms with Crippen LogP contribution in [0.5, 0.6) is 0 Å². The van der Waals surface area contributed by atoms with E-state index in [2.05, 4.69) is 11.8 Å². The fourth-order valence-corrected chi connectivity index (χ4v) is 2.90. The molecule has 0 radical (unpaired) electrons. The summed E-state index contributed by atoms with van der Waals surface area (Å²) in [6.07, 6.45) is 2.00. The van der Waals surface area contributed by atoms with Crippen LogP contribution >= 0.6 is 0 Å². The monoisotopic (exact) mass is 301 g/mol. The van der Waals surface area contributed by atoms with Crippen molar-refractivity contribution < 1.29 is 18.3 Å². The molecule has 2 nitrogen and oxygen atoms in total. The third-order valence-electron chi connectivity index (χ3n) is 4.20. The lowest BCUT2D eigenvalue weighted by Crippen LogP contribution is -2.42. The Morgan fingerprint density at radius 3 is 2.43 bits per heavy atom. The predicted octanol–water partition coefficient (Wildman–Crippen LogP) is 3.63. The van der Waals surface area contributed by atoms with E-state index >= 15 is 0 Å². The van der Waals surface area contributed by atoms with Gasteiger partial charge in [0, 0.05) is 20.0 Å². The van der Waals surface area contributed by atoms with Crippen LogP contribution in [0.25, 0.3) is 0 Å². The maximum Gasteiger partial charge on any atom is 0.273 e. The number of benzene rings is 1. The second-order valence-electron chi connectivity index (χ2n) is 5.96. The molecule has 0 aliphatic carbocycles. The SMILES string of the molecule is CCCN1CCC(O)(c2ccc(F)c(C(C)(F)F)c2)CC1. The molecule has 1 aliphatic heterocycles. The molecule has 118 valence electrons. The number of halogens is 3. The molecule has 0 amide bonds. The summed E-state index contributed by atoms with van der Waals surface area (Å²) >= 11 is 0. The normalized spacial score (nSPS) is 19.7. The highest BCUT2D eigenvalue weighted by Gasteiger charge is 2.36. The lowest BCUT2D eigenvalue weighted by Gasteiger charge is -2.38. The molecule has 1 N–H and O–H groups in total. The Bertz CT molecular complexity index is 491. The van der Waals surface area contributed by atoms with E-state index in [0.29, 0.717) is 25.3 Å². The van der Waals surface area contributed by atoms with Gasteiger partial charge in [0.15, 0.2) is 0 Å². The second-order valence-corrected chi connectivity index (χ2v) is 5.96. The van der Waals surface area contributed by atoms with Crippen LogP contribution in [0.1, 0.15) is 44.2 Å². The summed E-state index contributed by atoms with van der Waals surface area (Å²) in [5, 5.41) is 10.7. The number of hydrogen-bond donors (Lipinski definition) is 1. The van der Waals surface area contributed by atoms with Gasteiger partial charge in [0.1, 0.15) is 5.82 Å². The standard InChI is InChI=1S/C16H22F3NO/c1-3-8-20-9-6-16(21,7-10-20)12-4-5-14(17)13(11-12)15(2,18)19/h4-5,11,21H,3,6-10H2,1-2H3. The molecular weight excluding hydrogens is 279 g/mol. The molecule has 0 aromatic heterocycles. The number of alkyl halides is 2. The third-order valence-corrected chi connectivity index (χ3v) is 4.20. The molecule has 21 heavy (non-hydrogen) atoms. The van der Waals surface area contributed by atoms with Crippen molar-refractivity contribution in [1.29, 1.82) is 0 Å². The summed E-state index contributed by atoms with van der Waals surface area (Å²) in [4.78, 5) is 2.24. The van der Waals surface area contributed by atoms with Crippen molar-refractivity contribution in [1.82, 2.24) is 4.90 Å². The van der Waals surface area contributed by atoms with Crippen LogP contribution in [0.2, 0.25) is 0 Å². The molecule has 0 unspecified atom stereocenters. The molecule has 2 rings (SSSR count). The molecule has 0 bridgehead atoms. The van der Waals surface area contributed by atoms with E-state index in [1.165, 1.54) is 6.07 Å². The minimum atomic E-state index is -3.25. The number of likely N-dealkylation sites (tertiary alicyclic amines) is 1. The van der Waals surface area contributed by atoms with Crippen LogP contribution in [0.4, 0.5) is 13.2 Å². The summed E-state index contributed by atoms with van der Waals surface area (Å²) < 4.78 is 40.4. The Hall–Kier alpha value is -1.07. The summed E-state index contributed by atoms with van der Waals surface area (Å²) in [6.45, 7) is 5.18. The highest BCUT2D eigenvalue weighted by atomic mass is 19.3. The molecule has 1 saturated heterocycles. The summed E-state index contributed by atoms with van der Waals surface area (Å²) in [6, 6.07) is 3.56. The van der Waals surface area contributed by atoms with Crippen molar-refractivity contribution >= 4 is 0 Å². The molecule has 1 heterocycles. The van der Waals surface area contributed by atoms with Gasteiger partial charge in [-0.25, -0.2) is 13.2 Å². The number of rotatable bonds is 4. The largest absolute Gasteiger partial charge is 0.385 e. The van der Waals surface area contributed by atoms with Gasteiger partial charge in [-0.15, -0.1) is 0 Å². The van der Waals surface area contributed by atoms with Crippen LogP contribution in [0.3, 0.4) is 0 Å². The fourth-order valence-electron chi connectivity index (χ4n) is 2.90. The predicted molar refractivity (Wildman–Crippen MR) is 75.8 cm³/mol. The van der Waals surface area contributed by atoms with Gasteiger partial charge in [-0.1, -0.05) is 13.0 Å². The Labute approximate surface area is 123 Å². The van der Waals surface area contributed by atoms with E-state index in [-0.39, 0.29) is 0 Å². The van der Waals surface area contributed by atoms with Crippen LogP contribution in [0, 0.1) is 5.82 Å². The smallest absolute Gasteiger partial charge is 0.273 e. The Balaban J connectivity index is 2.22. The molecular formula is C16H22F3NO. The molecule has 1 aromatic carbocycles. The maximum atomic E-state index is 13.6. The van der Waals surface area contributed by atoms with Crippen LogP contribution < -0.4 is 0 Å². The van der Waals surface area contributed by atoms with Gasteiger partial charge >= 0.3 is 0 Å². The lowest BCUT2D eigenvalue weighted by molar-refractivity contribution is -0.0268. The topological polar surface area (TPSA) is 23.5 Å². The van der Waals surface area contributed by atoms with Crippen molar-refractivity contribution in [2.24, 2.45) is 0 Å². The highest BCUT2D eigenvalue weighted by Crippen LogP contribution is 2.37. The summed E-state index contributed by atoms with van der Waals surface area (Å²) in [5.74, 6) is -4.18. The summed E-state index contributed by atoms with van der Waals surface area (Å²) in [5.41, 5.74) is -1.40. The zero-order valence-electron chi connectivity index (χ0n) is 12.5. The Kier molecular flexibility index (Phi) is 4.63. The maximum absolute atomic E-state index is 13.6. The highest BCUT2D eigenvalue weighted by molar-refractivity contribution is 5.32. The van der Waals surface area contributed by atoms with E-state index in [0.717, 1.165) is 38.2 Å². The first-order valence-electron chi connectivity index (χ1n) is 7.39. The fraction of sp³-hybridized carbons (Fsp3) is 0.625. The van der Waals surface area contributed by atoms with Crippen molar-refractivity contribution in [3.63, 3.8) is 0 Å². The number of piperidine rings is 1. The van der Waals surface area contributed by atoms with E-state index in [4.69, 9.17) is 0 Å². The van der Waals surface area contributed by atoms with Gasteiger partial charge in [0.05, 0.1) is 11.2 Å². The number of hydrogen-bond acceptors (Lipinski definition) is 2. The first-order valence-corrected chi connectivity index (χ1v) is 7.39. The van der Waals surface area contributed by atoms with Gasteiger partial charge in [0.2, 0.25) is 0 Å². The second kappa shape index (κ2) is 5.97. The lowest BCUT2D eigenvalue weighted by atomic mass is 9.83. The average molecular weight is 301 g/mol. The molecule has 1 aliphatic rings. The van der Waals surface area contributed by atoms with Crippen LogP contribution in [0.15, 0.2) is 18.2 Å². The van der Waals surface area contributed by atoms with Gasteiger partial charge in [0.25, 0.3) is 5.92 Å². The van der Waals surface area contributed by atoms with Crippen molar-refractivity contribution in [3.05, 3.63) is 35.1 Å². The molecule has 5 heteroatoms. The van der Waals surface area contributed by atoms with Gasteiger partial charge in [-0.2, -0.15) is 0 Å². The molecule has 0 atom stereocenters. The van der Waals surface area contributed by atoms with E-state index in [1.54, 1.807) is 0 Å². The zero-order valence-corrected chi connectivity index (χ0v) is 12.5. The third kappa shape index (κ3) is 3.58. The first-order chi connectivity index (χ1) is 9.76. The number of aliphatic hydroxyl groups is 1. The summed E-state index contributed by atoms with van der Waals surface area (Å²) in [7, 11) is 0. The Morgan fingerprint density at radius 2 is 1.90 bits per heavy atom. The van der Waals surface area contributed by atoms with E-state index in [1.807, 2.05) is 0 Å². The van der Waals surface area contributed by atoms with Gasteiger partial charge in [-0.05, 0) is 43.5 Å². The van der Waals surface area contributed by atoms with Gasteiger partial charge in [-0.3, -0.25) is 0 Å². The number of nitrogens with zero attached hydrogens (tertiary/aromatic N) is 1.